The van der Waals surface area contributed by atoms with Gasteiger partial charge in [-0.05, 0) is 25.6 Å². The lowest BCUT2D eigenvalue weighted by molar-refractivity contribution is 0.0501. The average Bonchev–Trinajstić information content (AvgIpc) is 2.17. The number of pyridine rings is 1. The molecule has 0 saturated heterocycles. The summed E-state index contributed by atoms with van der Waals surface area (Å²) in [5.74, 6) is 0.753. The lowest BCUT2D eigenvalue weighted by Crippen LogP contribution is -2.09. The Morgan fingerprint density at radius 3 is 2.86 bits per heavy atom. The van der Waals surface area contributed by atoms with Gasteiger partial charge in [-0.3, -0.25) is 4.98 Å². The molecule has 78 valence electrons. The van der Waals surface area contributed by atoms with E-state index in [1.807, 2.05) is 19.1 Å². The second kappa shape index (κ2) is 5.57. The molecule has 4 heteroatoms. The van der Waals surface area contributed by atoms with E-state index in [1.165, 1.54) is 0 Å². The molecule has 14 heavy (non-hydrogen) atoms. The lowest BCUT2D eigenvalue weighted by Gasteiger charge is -2.09. The average molecular weight is 196 g/mol. The molecule has 0 atom stereocenters. The Labute approximate surface area is 84.0 Å². The Hall–Kier alpha value is -1.13. The van der Waals surface area contributed by atoms with E-state index in [9.17, 15) is 0 Å². The number of ether oxygens (including phenoxy) is 2. The predicted molar refractivity (Wildman–Crippen MR) is 54.2 cm³/mol. The minimum Gasteiger partial charge on any atom is -0.466 e. The van der Waals surface area contributed by atoms with Crippen LogP contribution < -0.4 is 10.5 Å². The summed E-state index contributed by atoms with van der Waals surface area (Å²) >= 11 is 0. The van der Waals surface area contributed by atoms with Gasteiger partial charge in [0.1, 0.15) is 5.75 Å². The Balaban J connectivity index is 2.78. The van der Waals surface area contributed by atoms with Gasteiger partial charge in [0.05, 0.1) is 5.69 Å². The van der Waals surface area contributed by atoms with Crippen molar-refractivity contribution >= 4 is 0 Å². The van der Waals surface area contributed by atoms with Crippen LogP contribution in [0.2, 0.25) is 0 Å². The molecule has 0 aliphatic heterocycles. The highest BCUT2D eigenvalue weighted by Crippen LogP contribution is 2.16. The molecular formula is C10H16N2O2. The smallest absolute Gasteiger partial charge is 0.188 e. The highest BCUT2D eigenvalue weighted by atomic mass is 16.7. The van der Waals surface area contributed by atoms with Crippen LogP contribution in [0.15, 0.2) is 12.1 Å². The summed E-state index contributed by atoms with van der Waals surface area (Å²) in [6.07, 6.45) is 0.723. The number of hydrogen-bond donors (Lipinski definition) is 1. The van der Waals surface area contributed by atoms with Crippen LogP contribution in [0.5, 0.6) is 5.75 Å². The predicted octanol–water partition coefficient (Wildman–Crippen LogP) is 0.874. The highest BCUT2D eigenvalue weighted by molar-refractivity contribution is 5.29. The molecule has 0 aliphatic carbocycles. The Kier molecular flexibility index (Phi) is 4.35. The zero-order valence-electron chi connectivity index (χ0n) is 8.62. The number of hydrogen-bond acceptors (Lipinski definition) is 4. The highest BCUT2D eigenvalue weighted by Gasteiger charge is 2.04. The number of aromatic nitrogens is 1. The maximum absolute atomic E-state index is 5.48. The van der Waals surface area contributed by atoms with Gasteiger partial charge >= 0.3 is 0 Å². The maximum atomic E-state index is 5.48. The van der Waals surface area contributed by atoms with Crippen LogP contribution in [0.25, 0.3) is 0 Å². The van der Waals surface area contributed by atoms with E-state index in [0.29, 0.717) is 6.54 Å². The minimum atomic E-state index is 0.238. The summed E-state index contributed by atoms with van der Waals surface area (Å²) in [6.45, 7) is 2.75. The molecule has 4 nitrogen and oxygen atoms in total. The first-order valence-electron chi connectivity index (χ1n) is 4.56. The summed E-state index contributed by atoms with van der Waals surface area (Å²) in [5.41, 5.74) is 7.35. The second-order valence-electron chi connectivity index (χ2n) is 2.99. The fraction of sp³-hybridized carbons (Fsp3) is 0.500. The van der Waals surface area contributed by atoms with Crippen LogP contribution in [0.4, 0.5) is 0 Å². The third kappa shape index (κ3) is 2.97. The zero-order chi connectivity index (χ0) is 10.4. The Bertz CT molecular complexity index is 289. The first-order chi connectivity index (χ1) is 6.77. The first kappa shape index (κ1) is 10.9. The normalized spacial score (nSPS) is 10.2. The van der Waals surface area contributed by atoms with Crippen LogP contribution in [0.3, 0.4) is 0 Å². The second-order valence-corrected chi connectivity index (χ2v) is 2.99. The van der Waals surface area contributed by atoms with E-state index >= 15 is 0 Å². The Morgan fingerprint density at radius 2 is 2.21 bits per heavy atom. The molecule has 0 spiro atoms. The van der Waals surface area contributed by atoms with Gasteiger partial charge in [0, 0.05) is 19.2 Å². The van der Waals surface area contributed by atoms with Gasteiger partial charge < -0.3 is 15.2 Å². The number of rotatable bonds is 5. The van der Waals surface area contributed by atoms with Crippen molar-refractivity contribution in [1.82, 2.24) is 4.98 Å². The molecule has 0 aliphatic rings. The summed E-state index contributed by atoms with van der Waals surface area (Å²) in [4.78, 5) is 4.36. The fourth-order valence-electron chi connectivity index (χ4n) is 1.17. The standard InChI is InChI=1S/C10H16N2O2/c1-8-3-4-10(14-7-13-2)9(12-8)5-6-11/h3-4H,5-7,11H2,1-2H3. The minimum absolute atomic E-state index is 0.238. The van der Waals surface area contributed by atoms with Crippen LogP contribution in [-0.4, -0.2) is 25.4 Å². The van der Waals surface area contributed by atoms with E-state index in [0.717, 1.165) is 23.6 Å². The lowest BCUT2D eigenvalue weighted by atomic mass is 10.2. The number of methoxy groups -OCH3 is 1. The van der Waals surface area contributed by atoms with Crippen LogP contribution in [0, 0.1) is 6.92 Å². The van der Waals surface area contributed by atoms with Crippen molar-refractivity contribution in [1.29, 1.82) is 0 Å². The monoisotopic (exact) mass is 196 g/mol. The molecule has 0 fully saturated rings. The molecule has 1 heterocycles. The van der Waals surface area contributed by atoms with Crippen LogP contribution in [0.1, 0.15) is 11.4 Å². The summed E-state index contributed by atoms with van der Waals surface area (Å²) < 4.78 is 10.2. The van der Waals surface area contributed by atoms with Crippen molar-refractivity contribution in [2.45, 2.75) is 13.3 Å². The zero-order valence-corrected chi connectivity index (χ0v) is 8.62. The van der Waals surface area contributed by atoms with Crippen LogP contribution in [-0.2, 0) is 11.2 Å². The van der Waals surface area contributed by atoms with Crippen molar-refractivity contribution in [3.63, 3.8) is 0 Å². The van der Waals surface area contributed by atoms with Crippen molar-refractivity contribution in [3.8, 4) is 5.75 Å². The quantitative estimate of drug-likeness (QED) is 0.710. The summed E-state index contributed by atoms with van der Waals surface area (Å²) in [5, 5.41) is 0. The number of aryl methyl sites for hydroxylation is 1. The van der Waals surface area contributed by atoms with Gasteiger partial charge in [-0.15, -0.1) is 0 Å². The SMILES string of the molecule is COCOc1ccc(C)nc1CCN. The van der Waals surface area contributed by atoms with Gasteiger partial charge in [-0.2, -0.15) is 0 Å². The van der Waals surface area contributed by atoms with Crippen molar-refractivity contribution in [3.05, 3.63) is 23.5 Å². The van der Waals surface area contributed by atoms with E-state index in [-0.39, 0.29) is 6.79 Å². The van der Waals surface area contributed by atoms with E-state index in [2.05, 4.69) is 4.98 Å². The molecule has 0 bridgehead atoms. The molecule has 0 aromatic carbocycles. The molecule has 1 aromatic heterocycles. The molecule has 1 rings (SSSR count). The summed E-state index contributed by atoms with van der Waals surface area (Å²) in [6, 6.07) is 3.80. The largest absolute Gasteiger partial charge is 0.466 e. The van der Waals surface area contributed by atoms with E-state index in [1.54, 1.807) is 7.11 Å². The molecule has 1 aromatic rings. The fourth-order valence-corrected chi connectivity index (χ4v) is 1.17. The number of nitrogens with two attached hydrogens (primary N) is 1. The number of nitrogens with zero attached hydrogens (tertiary/aromatic N) is 1. The topological polar surface area (TPSA) is 57.4 Å². The van der Waals surface area contributed by atoms with Crippen molar-refractivity contribution < 1.29 is 9.47 Å². The van der Waals surface area contributed by atoms with Crippen molar-refractivity contribution in [2.24, 2.45) is 5.73 Å². The van der Waals surface area contributed by atoms with Gasteiger partial charge in [0.25, 0.3) is 0 Å². The van der Waals surface area contributed by atoms with Gasteiger partial charge in [-0.25, -0.2) is 0 Å². The molecule has 0 unspecified atom stereocenters. The van der Waals surface area contributed by atoms with Gasteiger partial charge in [0.15, 0.2) is 6.79 Å². The molecule has 0 amide bonds. The maximum Gasteiger partial charge on any atom is 0.188 e. The Morgan fingerprint density at radius 1 is 1.43 bits per heavy atom. The third-order valence-corrected chi connectivity index (χ3v) is 1.79. The molecular weight excluding hydrogens is 180 g/mol. The van der Waals surface area contributed by atoms with Gasteiger partial charge in [-0.1, -0.05) is 0 Å². The van der Waals surface area contributed by atoms with Gasteiger partial charge in [0.2, 0.25) is 0 Å². The van der Waals surface area contributed by atoms with Crippen molar-refractivity contribution in [2.75, 3.05) is 20.4 Å². The molecule has 2 N–H and O–H groups in total. The van der Waals surface area contributed by atoms with Crippen LogP contribution >= 0.6 is 0 Å². The molecule has 0 saturated carbocycles. The van der Waals surface area contributed by atoms with E-state index < -0.39 is 0 Å². The third-order valence-electron chi connectivity index (χ3n) is 1.79. The molecule has 0 radical (unpaired) electrons. The van der Waals surface area contributed by atoms with E-state index in [4.69, 9.17) is 15.2 Å². The summed E-state index contributed by atoms with van der Waals surface area (Å²) in [7, 11) is 1.59. The first-order valence-corrected chi connectivity index (χ1v) is 4.56.